The zero-order valence-electron chi connectivity index (χ0n) is 14.0. The number of halogens is 3. The Morgan fingerprint density at radius 3 is 2.67 bits per heavy atom. The van der Waals surface area contributed by atoms with E-state index in [2.05, 4.69) is 15.0 Å². The van der Waals surface area contributed by atoms with E-state index in [0.29, 0.717) is 30.5 Å². The van der Waals surface area contributed by atoms with Crippen LogP contribution in [0.4, 0.5) is 13.2 Å². The maximum Gasteiger partial charge on any atom is 0.573 e. The molecule has 1 aromatic heterocycles. The van der Waals surface area contributed by atoms with Gasteiger partial charge in [0.1, 0.15) is 11.3 Å². The number of hydrogen-bond acceptors (Lipinski definition) is 4. The van der Waals surface area contributed by atoms with E-state index in [1.54, 1.807) is 0 Å². The van der Waals surface area contributed by atoms with E-state index in [1.807, 2.05) is 0 Å². The number of ketones is 1. The number of H-pyrrole nitrogens is 1. The molecular weight excluding hydrogens is 365 g/mol. The SMILES string of the molecule is O=C1CCCc2[nH]c(=O)c(C(=O)NCc3ccccc3OC(F)(F)F)cc21. The molecule has 0 spiro atoms. The van der Waals surface area contributed by atoms with E-state index < -0.39 is 23.6 Å². The summed E-state index contributed by atoms with van der Waals surface area (Å²) >= 11 is 0. The highest BCUT2D eigenvalue weighted by Gasteiger charge is 2.32. The van der Waals surface area contributed by atoms with Crippen molar-refractivity contribution in [2.75, 3.05) is 0 Å². The number of ether oxygens (including phenoxy) is 1. The average molecular weight is 380 g/mol. The second-order valence-electron chi connectivity index (χ2n) is 6.02. The Labute approximate surface area is 151 Å². The number of aromatic nitrogens is 1. The number of hydrogen-bond donors (Lipinski definition) is 2. The third-order valence-electron chi connectivity index (χ3n) is 4.14. The number of carbonyl (C=O) groups is 2. The molecule has 0 fully saturated rings. The minimum absolute atomic E-state index is 0.0913. The van der Waals surface area contributed by atoms with Crippen LogP contribution in [0.2, 0.25) is 0 Å². The molecule has 0 atom stereocenters. The molecule has 0 unspecified atom stereocenters. The van der Waals surface area contributed by atoms with Crippen LogP contribution in [0.15, 0.2) is 35.1 Å². The van der Waals surface area contributed by atoms with Crippen LogP contribution in [0.5, 0.6) is 5.75 Å². The predicted octanol–water partition coefficient (Wildman–Crippen LogP) is 2.72. The van der Waals surface area contributed by atoms with Crippen molar-refractivity contribution >= 4 is 11.7 Å². The third kappa shape index (κ3) is 4.36. The number of amides is 1. The number of benzene rings is 1. The van der Waals surface area contributed by atoms with Gasteiger partial charge in [-0.15, -0.1) is 13.2 Å². The topological polar surface area (TPSA) is 88.3 Å². The monoisotopic (exact) mass is 380 g/mol. The van der Waals surface area contributed by atoms with Gasteiger partial charge in [0, 0.05) is 29.8 Å². The number of alkyl halides is 3. The van der Waals surface area contributed by atoms with Gasteiger partial charge in [0.25, 0.3) is 11.5 Å². The van der Waals surface area contributed by atoms with Gasteiger partial charge in [-0.1, -0.05) is 18.2 Å². The van der Waals surface area contributed by atoms with Crippen LogP contribution < -0.4 is 15.6 Å². The van der Waals surface area contributed by atoms with Gasteiger partial charge in [0.2, 0.25) is 0 Å². The molecule has 0 bridgehead atoms. The summed E-state index contributed by atoms with van der Waals surface area (Å²) < 4.78 is 41.3. The van der Waals surface area contributed by atoms with Crippen molar-refractivity contribution in [3.63, 3.8) is 0 Å². The normalized spacial score (nSPS) is 13.8. The molecule has 0 aliphatic heterocycles. The van der Waals surface area contributed by atoms with Crippen LogP contribution in [0, 0.1) is 0 Å². The van der Waals surface area contributed by atoms with Crippen LogP contribution in [-0.4, -0.2) is 23.0 Å². The second kappa shape index (κ2) is 7.26. The highest BCUT2D eigenvalue weighted by molar-refractivity contribution is 6.01. The lowest BCUT2D eigenvalue weighted by atomic mass is 9.93. The number of pyridine rings is 1. The van der Waals surface area contributed by atoms with Crippen LogP contribution in [0.3, 0.4) is 0 Å². The van der Waals surface area contributed by atoms with E-state index in [9.17, 15) is 27.6 Å². The number of carbonyl (C=O) groups excluding carboxylic acids is 2. The molecule has 2 N–H and O–H groups in total. The molecule has 6 nitrogen and oxygen atoms in total. The predicted molar refractivity (Wildman–Crippen MR) is 88.6 cm³/mol. The quantitative estimate of drug-likeness (QED) is 0.854. The fourth-order valence-corrected chi connectivity index (χ4v) is 2.89. The van der Waals surface area contributed by atoms with Crippen molar-refractivity contribution in [2.24, 2.45) is 0 Å². The standard InChI is InChI=1S/C18H15F3N2O4/c19-18(20,21)27-15-7-2-1-4-10(15)9-22-16(25)12-8-11-13(23-17(12)26)5-3-6-14(11)24/h1-2,4,7-8H,3,5-6,9H2,(H,22,25)(H,23,26). The molecule has 27 heavy (non-hydrogen) atoms. The number of para-hydroxylation sites is 1. The molecule has 0 saturated heterocycles. The molecule has 1 aromatic carbocycles. The van der Waals surface area contributed by atoms with Crippen LogP contribution >= 0.6 is 0 Å². The maximum atomic E-state index is 12.4. The molecule has 3 rings (SSSR count). The van der Waals surface area contributed by atoms with Gasteiger partial charge in [-0.25, -0.2) is 0 Å². The van der Waals surface area contributed by atoms with E-state index in [-0.39, 0.29) is 23.5 Å². The van der Waals surface area contributed by atoms with Crippen molar-refractivity contribution in [2.45, 2.75) is 32.2 Å². The first kappa shape index (κ1) is 18.7. The number of nitrogens with one attached hydrogen (secondary N) is 2. The summed E-state index contributed by atoms with van der Waals surface area (Å²) in [6.07, 6.45) is -3.36. The van der Waals surface area contributed by atoms with E-state index in [0.717, 1.165) is 6.07 Å². The largest absolute Gasteiger partial charge is 0.573 e. The highest BCUT2D eigenvalue weighted by Crippen LogP contribution is 2.26. The number of fused-ring (bicyclic) bond motifs is 1. The van der Waals surface area contributed by atoms with Gasteiger partial charge in [-0.3, -0.25) is 14.4 Å². The van der Waals surface area contributed by atoms with E-state index in [1.165, 1.54) is 24.3 Å². The molecule has 1 aliphatic carbocycles. The Morgan fingerprint density at radius 1 is 1.19 bits per heavy atom. The fourth-order valence-electron chi connectivity index (χ4n) is 2.89. The van der Waals surface area contributed by atoms with Crippen molar-refractivity contribution in [1.82, 2.24) is 10.3 Å². The molecule has 1 amide bonds. The molecule has 1 aliphatic rings. The van der Waals surface area contributed by atoms with Gasteiger partial charge in [-0.05, 0) is 25.0 Å². The number of rotatable bonds is 4. The summed E-state index contributed by atoms with van der Waals surface area (Å²) in [7, 11) is 0. The van der Waals surface area contributed by atoms with Gasteiger partial charge in [0.05, 0.1) is 0 Å². The minimum atomic E-state index is -4.86. The molecule has 2 aromatic rings. The molecule has 1 heterocycles. The Morgan fingerprint density at radius 2 is 1.93 bits per heavy atom. The molecule has 9 heteroatoms. The smallest absolute Gasteiger partial charge is 0.405 e. The summed E-state index contributed by atoms with van der Waals surface area (Å²) in [5.41, 5.74) is -0.0313. The van der Waals surface area contributed by atoms with Gasteiger partial charge in [-0.2, -0.15) is 0 Å². The van der Waals surface area contributed by atoms with Crippen molar-refractivity contribution in [1.29, 1.82) is 0 Å². The van der Waals surface area contributed by atoms with Gasteiger partial charge >= 0.3 is 6.36 Å². The zero-order chi connectivity index (χ0) is 19.6. The Hall–Kier alpha value is -3.10. The Bertz CT molecular complexity index is 950. The summed E-state index contributed by atoms with van der Waals surface area (Å²) in [5.74, 6) is -1.40. The lowest BCUT2D eigenvalue weighted by Crippen LogP contribution is -2.31. The minimum Gasteiger partial charge on any atom is -0.405 e. The average Bonchev–Trinajstić information content (AvgIpc) is 2.59. The van der Waals surface area contributed by atoms with Crippen molar-refractivity contribution in [3.05, 3.63) is 63.1 Å². The van der Waals surface area contributed by atoms with Crippen LogP contribution in [-0.2, 0) is 13.0 Å². The van der Waals surface area contributed by atoms with E-state index >= 15 is 0 Å². The molecular formula is C18H15F3N2O4. The third-order valence-corrected chi connectivity index (χ3v) is 4.14. The lowest BCUT2D eigenvalue weighted by Gasteiger charge is -2.15. The Balaban J connectivity index is 1.79. The number of aryl methyl sites for hydroxylation is 1. The molecule has 142 valence electrons. The molecule has 0 saturated carbocycles. The van der Waals surface area contributed by atoms with Gasteiger partial charge in [0.15, 0.2) is 5.78 Å². The van der Waals surface area contributed by atoms with Gasteiger partial charge < -0.3 is 15.0 Å². The first-order chi connectivity index (χ1) is 12.7. The summed E-state index contributed by atoms with van der Waals surface area (Å²) in [6, 6.07) is 6.59. The fraction of sp³-hybridized carbons (Fsp3) is 0.278. The zero-order valence-corrected chi connectivity index (χ0v) is 14.0. The van der Waals surface area contributed by atoms with E-state index in [4.69, 9.17) is 0 Å². The molecule has 0 radical (unpaired) electrons. The second-order valence-corrected chi connectivity index (χ2v) is 6.02. The summed E-state index contributed by atoms with van der Waals surface area (Å²) in [4.78, 5) is 38.9. The highest BCUT2D eigenvalue weighted by atomic mass is 19.4. The summed E-state index contributed by atoms with van der Waals surface area (Å²) in [5, 5.41) is 2.39. The van der Waals surface area contributed by atoms with Crippen molar-refractivity contribution < 1.29 is 27.5 Å². The van der Waals surface area contributed by atoms with Crippen LogP contribution in [0.1, 0.15) is 44.8 Å². The number of aromatic amines is 1. The Kier molecular flexibility index (Phi) is 5.02. The lowest BCUT2D eigenvalue weighted by molar-refractivity contribution is -0.274. The summed E-state index contributed by atoms with van der Waals surface area (Å²) in [6.45, 7) is -0.282. The first-order valence-electron chi connectivity index (χ1n) is 8.16. The maximum absolute atomic E-state index is 12.4. The number of Topliss-reactive ketones (excluding diaryl/α,β-unsaturated/α-hetero) is 1. The van der Waals surface area contributed by atoms with Crippen LogP contribution in [0.25, 0.3) is 0 Å². The van der Waals surface area contributed by atoms with Crippen molar-refractivity contribution in [3.8, 4) is 5.75 Å². The first-order valence-corrected chi connectivity index (χ1v) is 8.16.